The number of carbonyl (C=O) groups is 1. The summed E-state index contributed by atoms with van der Waals surface area (Å²) in [5, 5.41) is 2.86. The molecule has 1 amide bonds. The van der Waals surface area contributed by atoms with Crippen molar-refractivity contribution in [1.29, 1.82) is 0 Å². The molecule has 0 aliphatic heterocycles. The number of ether oxygens (including phenoxy) is 1. The highest BCUT2D eigenvalue weighted by molar-refractivity contribution is 6.33. The summed E-state index contributed by atoms with van der Waals surface area (Å²) in [7, 11) is 0. The van der Waals surface area contributed by atoms with E-state index in [-0.39, 0.29) is 41.1 Å². The van der Waals surface area contributed by atoms with Crippen molar-refractivity contribution in [3.63, 3.8) is 0 Å². The lowest BCUT2D eigenvalue weighted by Gasteiger charge is -2.23. The van der Waals surface area contributed by atoms with E-state index in [9.17, 15) is 22.4 Å². The fourth-order valence-electron chi connectivity index (χ4n) is 3.33. The van der Waals surface area contributed by atoms with Gasteiger partial charge in [0.15, 0.2) is 0 Å². The van der Waals surface area contributed by atoms with Gasteiger partial charge in [0.1, 0.15) is 11.9 Å². The minimum absolute atomic E-state index is 0. The summed E-state index contributed by atoms with van der Waals surface area (Å²) < 4.78 is 55.4. The van der Waals surface area contributed by atoms with Crippen LogP contribution in [-0.2, 0) is 4.79 Å². The zero-order chi connectivity index (χ0) is 20.3. The number of anilines is 1. The maximum absolute atomic E-state index is 13.5. The van der Waals surface area contributed by atoms with Crippen molar-refractivity contribution < 1.29 is 27.1 Å². The van der Waals surface area contributed by atoms with Gasteiger partial charge in [-0.15, -0.1) is 25.6 Å². The van der Waals surface area contributed by atoms with Crippen LogP contribution in [0, 0.1) is 5.92 Å². The molecule has 3 rings (SSSR count). The smallest absolute Gasteiger partial charge is 0.405 e. The van der Waals surface area contributed by atoms with Gasteiger partial charge in [-0.3, -0.25) is 4.79 Å². The number of halogens is 6. The van der Waals surface area contributed by atoms with Crippen LogP contribution in [0.3, 0.4) is 0 Å². The van der Waals surface area contributed by atoms with Crippen molar-refractivity contribution in [2.75, 3.05) is 5.32 Å². The summed E-state index contributed by atoms with van der Waals surface area (Å²) in [6.07, 6.45) is -3.84. The molecule has 2 aromatic rings. The van der Waals surface area contributed by atoms with Crippen molar-refractivity contribution in [2.24, 2.45) is 5.92 Å². The largest absolute Gasteiger partial charge is 0.573 e. The number of carbonyl (C=O) groups excluding carboxylic acids is 1. The molecule has 158 valence electrons. The fraction of sp³-hybridized carbons (Fsp3) is 0.350. The number of alkyl halides is 4. The SMILES string of the molecule is Cl.O=C(Nc1ccc(-c2ccccc2OC(F)(F)F)c(Cl)c1)[C@@H]1CCC[C@@H](F)C1. The minimum Gasteiger partial charge on any atom is -0.405 e. The molecule has 1 aliphatic rings. The molecule has 0 aromatic heterocycles. The zero-order valence-electron chi connectivity index (χ0n) is 15.1. The predicted octanol–water partition coefficient (Wildman–Crippen LogP) is 6.79. The number of benzene rings is 2. The Morgan fingerprint density at radius 2 is 1.83 bits per heavy atom. The Labute approximate surface area is 176 Å². The Morgan fingerprint density at radius 1 is 1.10 bits per heavy atom. The quantitative estimate of drug-likeness (QED) is 0.519. The van der Waals surface area contributed by atoms with Gasteiger partial charge in [0.25, 0.3) is 0 Å². The Balaban J connectivity index is 0.00000300. The molecule has 29 heavy (non-hydrogen) atoms. The molecule has 2 atom stereocenters. The van der Waals surface area contributed by atoms with Crippen molar-refractivity contribution in [2.45, 2.75) is 38.2 Å². The van der Waals surface area contributed by atoms with E-state index in [1.165, 1.54) is 30.3 Å². The highest BCUT2D eigenvalue weighted by Crippen LogP contribution is 2.38. The predicted molar refractivity (Wildman–Crippen MR) is 106 cm³/mol. The van der Waals surface area contributed by atoms with E-state index < -0.39 is 18.5 Å². The topological polar surface area (TPSA) is 38.3 Å². The van der Waals surface area contributed by atoms with E-state index in [4.69, 9.17) is 11.6 Å². The van der Waals surface area contributed by atoms with Gasteiger partial charge < -0.3 is 10.1 Å². The molecule has 1 aliphatic carbocycles. The molecule has 3 nitrogen and oxygen atoms in total. The van der Waals surface area contributed by atoms with E-state index >= 15 is 0 Å². The van der Waals surface area contributed by atoms with Crippen LogP contribution in [0.25, 0.3) is 11.1 Å². The number of nitrogens with one attached hydrogen (secondary N) is 1. The third kappa shape index (κ3) is 6.24. The van der Waals surface area contributed by atoms with Gasteiger partial charge in [-0.1, -0.05) is 35.9 Å². The lowest BCUT2D eigenvalue weighted by molar-refractivity contribution is -0.274. The molecule has 1 saturated carbocycles. The van der Waals surface area contributed by atoms with Crippen LogP contribution in [0.1, 0.15) is 25.7 Å². The van der Waals surface area contributed by atoms with E-state index in [0.717, 1.165) is 0 Å². The fourth-order valence-corrected chi connectivity index (χ4v) is 3.61. The average molecular weight is 452 g/mol. The van der Waals surface area contributed by atoms with E-state index in [1.54, 1.807) is 12.1 Å². The van der Waals surface area contributed by atoms with Crippen LogP contribution in [0.2, 0.25) is 5.02 Å². The number of hydrogen-bond acceptors (Lipinski definition) is 2. The highest BCUT2D eigenvalue weighted by Gasteiger charge is 2.32. The first kappa shape index (κ1) is 23.3. The summed E-state index contributed by atoms with van der Waals surface area (Å²) in [5.74, 6) is -1.06. The van der Waals surface area contributed by atoms with E-state index in [1.807, 2.05) is 0 Å². The second-order valence-electron chi connectivity index (χ2n) is 6.69. The third-order valence-electron chi connectivity index (χ3n) is 4.62. The second-order valence-corrected chi connectivity index (χ2v) is 7.10. The van der Waals surface area contributed by atoms with Crippen LogP contribution in [0.4, 0.5) is 23.2 Å². The Bertz CT molecular complexity index is 861. The molecule has 1 fully saturated rings. The van der Waals surface area contributed by atoms with Gasteiger partial charge in [0.2, 0.25) is 5.91 Å². The molecule has 0 heterocycles. The van der Waals surface area contributed by atoms with E-state index in [2.05, 4.69) is 10.1 Å². The van der Waals surface area contributed by atoms with Gasteiger partial charge in [0, 0.05) is 22.7 Å². The van der Waals surface area contributed by atoms with Gasteiger partial charge in [0.05, 0.1) is 5.02 Å². The summed E-state index contributed by atoms with van der Waals surface area (Å²) in [6.45, 7) is 0. The lowest BCUT2D eigenvalue weighted by Crippen LogP contribution is -2.28. The van der Waals surface area contributed by atoms with Crippen LogP contribution in [0.15, 0.2) is 42.5 Å². The molecule has 0 saturated heterocycles. The molecule has 0 unspecified atom stereocenters. The number of para-hydroxylation sites is 1. The molecule has 9 heteroatoms. The maximum atomic E-state index is 13.5. The minimum atomic E-state index is -4.83. The first-order valence-electron chi connectivity index (χ1n) is 8.82. The normalized spacial score (nSPS) is 19.2. The maximum Gasteiger partial charge on any atom is 0.573 e. The molecule has 0 radical (unpaired) electrons. The summed E-state index contributed by atoms with van der Waals surface area (Å²) in [5.41, 5.74) is 0.908. The van der Waals surface area contributed by atoms with Crippen molar-refractivity contribution in [3.05, 3.63) is 47.5 Å². The summed E-state index contributed by atoms with van der Waals surface area (Å²) in [6, 6.07) is 10.2. The third-order valence-corrected chi connectivity index (χ3v) is 4.93. The first-order valence-corrected chi connectivity index (χ1v) is 9.20. The lowest BCUT2D eigenvalue weighted by atomic mass is 9.87. The Morgan fingerprint density at radius 3 is 2.48 bits per heavy atom. The second kappa shape index (κ2) is 9.67. The number of hydrogen-bond donors (Lipinski definition) is 1. The average Bonchev–Trinajstić information content (AvgIpc) is 2.61. The van der Waals surface area contributed by atoms with Gasteiger partial charge >= 0.3 is 6.36 Å². The first-order chi connectivity index (χ1) is 13.2. The molecular weight excluding hydrogens is 433 g/mol. The van der Waals surface area contributed by atoms with Crippen molar-refractivity contribution in [3.8, 4) is 16.9 Å². The summed E-state index contributed by atoms with van der Waals surface area (Å²) in [4.78, 5) is 12.3. The number of rotatable bonds is 4. The molecule has 0 bridgehead atoms. The zero-order valence-corrected chi connectivity index (χ0v) is 16.7. The Hall–Kier alpha value is -1.99. The van der Waals surface area contributed by atoms with Crippen molar-refractivity contribution in [1.82, 2.24) is 0 Å². The molecule has 2 aromatic carbocycles. The standard InChI is InChI=1S/C20H18ClF4NO2.ClH/c21-17-11-14(26-19(27)12-4-3-5-13(22)10-12)8-9-15(17)16-6-1-2-7-18(16)28-20(23,24)25;/h1-2,6-9,11-13H,3-5,10H2,(H,26,27);1H/t12-,13-;/m1./s1. The van der Waals surface area contributed by atoms with Crippen molar-refractivity contribution >= 4 is 35.6 Å². The van der Waals surface area contributed by atoms with Gasteiger partial charge in [-0.05, 0) is 43.9 Å². The van der Waals surface area contributed by atoms with Crippen LogP contribution >= 0.6 is 24.0 Å². The number of amides is 1. The highest BCUT2D eigenvalue weighted by atomic mass is 35.5. The van der Waals surface area contributed by atoms with Crippen LogP contribution in [0.5, 0.6) is 5.75 Å². The molecule has 0 spiro atoms. The molecular formula is C20H19Cl2F4NO2. The van der Waals surface area contributed by atoms with Gasteiger partial charge in [-0.2, -0.15) is 0 Å². The van der Waals surface area contributed by atoms with E-state index in [0.29, 0.717) is 30.5 Å². The monoisotopic (exact) mass is 451 g/mol. The summed E-state index contributed by atoms with van der Waals surface area (Å²) >= 11 is 6.25. The van der Waals surface area contributed by atoms with Crippen LogP contribution < -0.4 is 10.1 Å². The molecule has 1 N–H and O–H groups in total. The van der Waals surface area contributed by atoms with Gasteiger partial charge in [-0.25, -0.2) is 4.39 Å². The Kier molecular flexibility index (Phi) is 7.77. The van der Waals surface area contributed by atoms with Crippen LogP contribution in [-0.4, -0.2) is 18.4 Å².